The van der Waals surface area contributed by atoms with Gasteiger partial charge in [-0.25, -0.2) is 0 Å². The molecule has 0 spiro atoms. The van der Waals surface area contributed by atoms with Gasteiger partial charge < -0.3 is 5.11 Å². The van der Waals surface area contributed by atoms with Crippen LogP contribution in [0.2, 0.25) is 0 Å². The van der Waals surface area contributed by atoms with Crippen molar-refractivity contribution in [3.8, 4) is 0 Å². The van der Waals surface area contributed by atoms with E-state index < -0.39 is 0 Å². The summed E-state index contributed by atoms with van der Waals surface area (Å²) in [6, 6.07) is 10.3. The van der Waals surface area contributed by atoms with E-state index >= 15 is 0 Å². The first-order chi connectivity index (χ1) is 7.55. The molecule has 1 nitrogen and oxygen atoms in total. The van der Waals surface area contributed by atoms with E-state index in [-0.39, 0.29) is 11.5 Å². The van der Waals surface area contributed by atoms with Gasteiger partial charge >= 0.3 is 0 Å². The molecule has 1 aromatic carbocycles. The molecular formula is C14H18OS. The molecular weight excluding hydrogens is 216 g/mol. The monoisotopic (exact) mass is 234 g/mol. The van der Waals surface area contributed by atoms with Gasteiger partial charge in [0.2, 0.25) is 0 Å². The van der Waals surface area contributed by atoms with Crippen LogP contribution in [0.5, 0.6) is 0 Å². The van der Waals surface area contributed by atoms with Gasteiger partial charge in [0.05, 0.1) is 6.10 Å². The van der Waals surface area contributed by atoms with Gasteiger partial charge in [0.15, 0.2) is 0 Å². The molecule has 0 saturated heterocycles. The number of allylic oxidation sites excluding steroid dienone is 1. The maximum atomic E-state index is 9.80. The summed E-state index contributed by atoms with van der Waals surface area (Å²) in [7, 11) is 0. The zero-order valence-electron chi connectivity index (χ0n) is 9.81. The summed E-state index contributed by atoms with van der Waals surface area (Å²) in [6.45, 7) is 4.43. The van der Waals surface area contributed by atoms with Gasteiger partial charge in [0.25, 0.3) is 0 Å². The Balaban J connectivity index is 2.11. The molecule has 0 radical (unpaired) electrons. The highest BCUT2D eigenvalue weighted by Gasteiger charge is 2.27. The maximum absolute atomic E-state index is 9.80. The molecule has 0 fully saturated rings. The maximum Gasteiger partial charge on any atom is 0.0736 e. The Hall–Kier alpha value is -0.730. The molecule has 2 heteroatoms. The molecule has 0 saturated carbocycles. The quantitative estimate of drug-likeness (QED) is 0.839. The molecule has 1 atom stereocenters. The van der Waals surface area contributed by atoms with Crippen molar-refractivity contribution >= 4 is 11.8 Å². The van der Waals surface area contributed by atoms with E-state index in [0.717, 1.165) is 12.8 Å². The first kappa shape index (κ1) is 11.7. The second kappa shape index (κ2) is 4.64. The van der Waals surface area contributed by atoms with Crippen LogP contribution in [0.4, 0.5) is 0 Å². The van der Waals surface area contributed by atoms with Crippen molar-refractivity contribution in [2.24, 2.45) is 5.41 Å². The van der Waals surface area contributed by atoms with Crippen molar-refractivity contribution in [2.75, 3.05) is 0 Å². The van der Waals surface area contributed by atoms with Gasteiger partial charge in [0.1, 0.15) is 0 Å². The number of aliphatic hydroxyl groups is 1. The minimum absolute atomic E-state index is 0.214. The van der Waals surface area contributed by atoms with Crippen LogP contribution >= 0.6 is 11.8 Å². The average Bonchev–Trinajstić information content (AvgIpc) is 2.15. The summed E-state index contributed by atoms with van der Waals surface area (Å²) < 4.78 is 0. The van der Waals surface area contributed by atoms with Crippen molar-refractivity contribution < 1.29 is 5.11 Å². The number of hydrogen-bond acceptors (Lipinski definition) is 2. The third-order valence-electron chi connectivity index (χ3n) is 2.78. The first-order valence-electron chi connectivity index (χ1n) is 5.67. The van der Waals surface area contributed by atoms with Crippen molar-refractivity contribution in [3.05, 3.63) is 41.3 Å². The number of aliphatic hydroxyl groups excluding tert-OH is 1. The lowest BCUT2D eigenvalue weighted by Gasteiger charge is -2.32. The Kier molecular flexibility index (Phi) is 3.41. The van der Waals surface area contributed by atoms with Crippen molar-refractivity contribution in [2.45, 2.75) is 37.7 Å². The third-order valence-corrected chi connectivity index (χ3v) is 3.84. The SMILES string of the molecule is CC1(C)CC(Sc2ccccc2)=CC(O)C1. The highest BCUT2D eigenvalue weighted by Crippen LogP contribution is 2.42. The van der Waals surface area contributed by atoms with E-state index in [9.17, 15) is 5.11 Å². The van der Waals surface area contributed by atoms with Gasteiger partial charge in [-0.05, 0) is 41.4 Å². The Labute approximate surface area is 102 Å². The fraction of sp³-hybridized carbons (Fsp3) is 0.429. The van der Waals surface area contributed by atoms with Crippen LogP contribution in [-0.2, 0) is 0 Å². The van der Waals surface area contributed by atoms with Gasteiger partial charge in [-0.15, -0.1) is 0 Å². The molecule has 0 bridgehead atoms. The first-order valence-corrected chi connectivity index (χ1v) is 6.48. The molecule has 0 heterocycles. The van der Waals surface area contributed by atoms with Gasteiger partial charge in [0, 0.05) is 4.90 Å². The summed E-state index contributed by atoms with van der Waals surface area (Å²) in [4.78, 5) is 2.54. The van der Waals surface area contributed by atoms with Crippen LogP contribution in [0.25, 0.3) is 0 Å². The predicted octanol–water partition coefficient (Wildman–Crippen LogP) is 3.84. The van der Waals surface area contributed by atoms with E-state index in [4.69, 9.17) is 0 Å². The summed E-state index contributed by atoms with van der Waals surface area (Å²) in [6.07, 6.45) is 3.65. The van der Waals surface area contributed by atoms with Crippen LogP contribution in [-0.4, -0.2) is 11.2 Å². The smallest absolute Gasteiger partial charge is 0.0736 e. The third kappa shape index (κ3) is 3.13. The van der Waals surface area contributed by atoms with Gasteiger partial charge in [-0.3, -0.25) is 0 Å². The van der Waals surface area contributed by atoms with E-state index in [1.807, 2.05) is 24.3 Å². The van der Waals surface area contributed by atoms with Crippen LogP contribution in [0.1, 0.15) is 26.7 Å². The summed E-state index contributed by atoms with van der Waals surface area (Å²) >= 11 is 1.77. The zero-order valence-corrected chi connectivity index (χ0v) is 10.6. The van der Waals surface area contributed by atoms with E-state index in [1.54, 1.807) is 11.8 Å². The predicted molar refractivity (Wildman–Crippen MR) is 69.4 cm³/mol. The molecule has 0 aliphatic heterocycles. The van der Waals surface area contributed by atoms with Gasteiger partial charge in [-0.2, -0.15) is 0 Å². The van der Waals surface area contributed by atoms with Gasteiger partial charge in [-0.1, -0.05) is 43.8 Å². The highest BCUT2D eigenvalue weighted by molar-refractivity contribution is 8.03. The molecule has 1 aliphatic carbocycles. The van der Waals surface area contributed by atoms with Crippen LogP contribution in [0.3, 0.4) is 0 Å². The second-order valence-corrected chi connectivity index (χ2v) is 6.36. The highest BCUT2D eigenvalue weighted by atomic mass is 32.2. The van der Waals surface area contributed by atoms with Crippen molar-refractivity contribution in [3.63, 3.8) is 0 Å². The molecule has 1 unspecified atom stereocenters. The van der Waals surface area contributed by atoms with E-state index in [1.165, 1.54) is 9.80 Å². The Bertz CT molecular complexity index is 381. The number of hydrogen-bond donors (Lipinski definition) is 1. The van der Waals surface area contributed by atoms with Crippen molar-refractivity contribution in [1.82, 2.24) is 0 Å². The van der Waals surface area contributed by atoms with Crippen LogP contribution in [0.15, 0.2) is 46.2 Å². The van der Waals surface area contributed by atoms with Crippen LogP contribution in [0, 0.1) is 5.41 Å². The topological polar surface area (TPSA) is 20.2 Å². The zero-order chi connectivity index (χ0) is 11.6. The summed E-state index contributed by atoms with van der Waals surface area (Å²) in [5.41, 5.74) is 0.214. The Morgan fingerprint density at radius 2 is 1.94 bits per heavy atom. The lowest BCUT2D eigenvalue weighted by atomic mass is 9.80. The summed E-state index contributed by atoms with van der Waals surface area (Å²) in [5, 5.41) is 9.80. The average molecular weight is 234 g/mol. The lowest BCUT2D eigenvalue weighted by molar-refractivity contribution is 0.142. The molecule has 0 aromatic heterocycles. The number of benzene rings is 1. The molecule has 1 aliphatic rings. The van der Waals surface area contributed by atoms with Crippen molar-refractivity contribution in [1.29, 1.82) is 0 Å². The number of rotatable bonds is 2. The minimum atomic E-state index is -0.282. The largest absolute Gasteiger partial charge is 0.389 e. The summed E-state index contributed by atoms with van der Waals surface area (Å²) in [5.74, 6) is 0. The fourth-order valence-corrected chi connectivity index (χ4v) is 3.44. The van der Waals surface area contributed by atoms with E-state index in [2.05, 4.69) is 26.0 Å². The molecule has 1 aromatic rings. The minimum Gasteiger partial charge on any atom is -0.389 e. The molecule has 2 rings (SSSR count). The molecule has 16 heavy (non-hydrogen) atoms. The molecule has 0 amide bonds. The Morgan fingerprint density at radius 1 is 1.25 bits per heavy atom. The van der Waals surface area contributed by atoms with E-state index in [0.29, 0.717) is 0 Å². The lowest BCUT2D eigenvalue weighted by Crippen LogP contribution is -2.24. The standard InChI is InChI=1S/C14H18OS/c1-14(2)9-11(15)8-13(10-14)16-12-6-4-3-5-7-12/h3-8,11,15H,9-10H2,1-2H3. The molecule has 86 valence electrons. The molecule has 1 N–H and O–H groups in total. The second-order valence-electron chi connectivity index (χ2n) is 5.16. The Morgan fingerprint density at radius 3 is 2.56 bits per heavy atom. The normalized spacial score (nSPS) is 23.9. The number of thioether (sulfide) groups is 1. The van der Waals surface area contributed by atoms with Crippen LogP contribution < -0.4 is 0 Å². The fourth-order valence-electron chi connectivity index (χ4n) is 2.15.